The van der Waals surface area contributed by atoms with E-state index in [4.69, 9.17) is 0 Å². The van der Waals surface area contributed by atoms with Gasteiger partial charge in [-0.3, -0.25) is 9.59 Å². The van der Waals surface area contributed by atoms with Crippen molar-refractivity contribution in [3.63, 3.8) is 0 Å². The lowest BCUT2D eigenvalue weighted by Crippen LogP contribution is -2.47. The first-order chi connectivity index (χ1) is 16.5. The molecule has 3 aromatic carbocycles. The third-order valence-electron chi connectivity index (χ3n) is 6.73. The summed E-state index contributed by atoms with van der Waals surface area (Å²) in [5, 5.41) is 0. The third kappa shape index (κ3) is 3.75. The van der Waals surface area contributed by atoms with E-state index in [2.05, 4.69) is 17.0 Å². The Labute approximate surface area is 198 Å². The predicted octanol–water partition coefficient (Wildman–Crippen LogP) is 4.55. The number of carbonyl (C=O) groups is 2. The van der Waals surface area contributed by atoms with E-state index < -0.39 is 0 Å². The number of piperazine rings is 1. The van der Waals surface area contributed by atoms with Crippen molar-refractivity contribution in [1.82, 2.24) is 4.90 Å². The molecule has 0 bridgehead atoms. The highest BCUT2D eigenvalue weighted by atomic mass is 19.1. The SMILES string of the molecule is Cc1cccc(N2C(=O)C(c3ccc(F)cc3)=C(N3CCN(c4ccccc4)CC3)C2=O)c1C. The van der Waals surface area contributed by atoms with E-state index in [-0.39, 0.29) is 17.6 Å². The fourth-order valence-corrected chi connectivity index (χ4v) is 4.71. The Bertz CT molecular complexity index is 1280. The van der Waals surface area contributed by atoms with Gasteiger partial charge >= 0.3 is 0 Å². The van der Waals surface area contributed by atoms with E-state index in [1.807, 2.05) is 49.1 Å². The molecule has 1 saturated heterocycles. The molecule has 5 nitrogen and oxygen atoms in total. The van der Waals surface area contributed by atoms with Crippen LogP contribution in [-0.2, 0) is 9.59 Å². The van der Waals surface area contributed by atoms with E-state index in [9.17, 15) is 14.0 Å². The molecule has 2 aliphatic rings. The van der Waals surface area contributed by atoms with Crippen molar-refractivity contribution >= 4 is 28.8 Å². The molecule has 34 heavy (non-hydrogen) atoms. The molecule has 5 rings (SSSR count). The fourth-order valence-electron chi connectivity index (χ4n) is 4.71. The van der Waals surface area contributed by atoms with E-state index >= 15 is 0 Å². The third-order valence-corrected chi connectivity index (χ3v) is 6.73. The molecule has 0 atom stereocenters. The lowest BCUT2D eigenvalue weighted by atomic mass is 10.0. The quantitative estimate of drug-likeness (QED) is 0.542. The molecule has 0 spiro atoms. The van der Waals surface area contributed by atoms with Crippen molar-refractivity contribution in [2.45, 2.75) is 13.8 Å². The van der Waals surface area contributed by atoms with Crippen LogP contribution in [0.4, 0.5) is 15.8 Å². The average molecular weight is 456 g/mol. The van der Waals surface area contributed by atoms with Gasteiger partial charge in [-0.25, -0.2) is 9.29 Å². The molecule has 3 aromatic rings. The van der Waals surface area contributed by atoms with Gasteiger partial charge in [0.2, 0.25) is 0 Å². The summed E-state index contributed by atoms with van der Waals surface area (Å²) in [6, 6.07) is 21.6. The second-order valence-corrected chi connectivity index (χ2v) is 8.70. The van der Waals surface area contributed by atoms with Crippen LogP contribution in [0.25, 0.3) is 5.57 Å². The smallest absolute Gasteiger partial charge is 0.282 e. The Hall–Kier alpha value is -3.93. The number of carbonyl (C=O) groups excluding carboxylic acids is 2. The number of para-hydroxylation sites is 1. The van der Waals surface area contributed by atoms with Gasteiger partial charge in [-0.15, -0.1) is 0 Å². The average Bonchev–Trinajstić information content (AvgIpc) is 3.12. The molecule has 0 aliphatic carbocycles. The highest BCUT2D eigenvalue weighted by molar-refractivity contribution is 6.45. The maximum atomic E-state index is 13.8. The van der Waals surface area contributed by atoms with Crippen molar-refractivity contribution in [2.75, 3.05) is 36.0 Å². The lowest BCUT2D eigenvalue weighted by Gasteiger charge is -2.37. The van der Waals surface area contributed by atoms with E-state index in [1.165, 1.54) is 17.0 Å². The van der Waals surface area contributed by atoms with Gasteiger partial charge in [-0.1, -0.05) is 42.5 Å². The van der Waals surface area contributed by atoms with Crippen LogP contribution < -0.4 is 9.80 Å². The molecule has 6 heteroatoms. The number of anilines is 2. The van der Waals surface area contributed by atoms with Crippen molar-refractivity contribution in [3.8, 4) is 0 Å². The van der Waals surface area contributed by atoms with Crippen LogP contribution in [-0.4, -0.2) is 42.9 Å². The highest BCUT2D eigenvalue weighted by Crippen LogP contribution is 2.37. The standard InChI is InChI=1S/C28H26FN3O2/c1-19-7-6-10-24(20(19)2)32-27(33)25(21-11-13-22(29)14-12-21)26(28(32)34)31-17-15-30(16-18-31)23-8-4-3-5-9-23/h3-14H,15-18H2,1-2H3. The summed E-state index contributed by atoms with van der Waals surface area (Å²) in [5.74, 6) is -1.08. The first-order valence-electron chi connectivity index (χ1n) is 11.5. The van der Waals surface area contributed by atoms with Gasteiger partial charge in [0.15, 0.2) is 0 Å². The minimum atomic E-state index is -0.384. The minimum absolute atomic E-state index is 0.328. The number of halogens is 1. The first-order valence-corrected chi connectivity index (χ1v) is 11.5. The first kappa shape index (κ1) is 21.9. The topological polar surface area (TPSA) is 43.9 Å². The predicted molar refractivity (Wildman–Crippen MR) is 132 cm³/mol. The Morgan fingerprint density at radius 1 is 0.706 bits per heavy atom. The van der Waals surface area contributed by atoms with Crippen LogP contribution in [0, 0.1) is 19.7 Å². The zero-order valence-electron chi connectivity index (χ0n) is 19.3. The highest BCUT2D eigenvalue weighted by Gasteiger charge is 2.43. The number of rotatable bonds is 4. The summed E-state index contributed by atoms with van der Waals surface area (Å²) >= 11 is 0. The number of hydrogen-bond acceptors (Lipinski definition) is 4. The molecule has 2 amide bonds. The Balaban J connectivity index is 1.53. The monoisotopic (exact) mass is 455 g/mol. The second-order valence-electron chi connectivity index (χ2n) is 8.70. The van der Waals surface area contributed by atoms with Gasteiger partial charge in [-0.2, -0.15) is 0 Å². The Morgan fingerprint density at radius 2 is 1.35 bits per heavy atom. The molecule has 0 radical (unpaired) electrons. The maximum absolute atomic E-state index is 13.8. The van der Waals surface area contributed by atoms with E-state index in [0.29, 0.717) is 35.6 Å². The molecular formula is C28H26FN3O2. The van der Waals surface area contributed by atoms with Crippen LogP contribution >= 0.6 is 0 Å². The molecule has 0 saturated carbocycles. The van der Waals surface area contributed by atoms with Crippen molar-refractivity contribution in [3.05, 3.63) is 101 Å². The van der Waals surface area contributed by atoms with Crippen LogP contribution in [0.3, 0.4) is 0 Å². The van der Waals surface area contributed by atoms with Gasteiger partial charge in [-0.05, 0) is 60.9 Å². The zero-order valence-corrected chi connectivity index (χ0v) is 19.3. The minimum Gasteiger partial charge on any atom is -0.368 e. The van der Waals surface area contributed by atoms with Crippen molar-refractivity contribution in [2.24, 2.45) is 0 Å². The van der Waals surface area contributed by atoms with E-state index in [1.54, 1.807) is 18.2 Å². The number of nitrogens with zero attached hydrogens (tertiary/aromatic N) is 3. The van der Waals surface area contributed by atoms with Gasteiger partial charge < -0.3 is 9.80 Å². The Morgan fingerprint density at radius 3 is 2.03 bits per heavy atom. The van der Waals surface area contributed by atoms with Crippen LogP contribution in [0.5, 0.6) is 0 Å². The lowest BCUT2D eigenvalue weighted by molar-refractivity contribution is -0.120. The van der Waals surface area contributed by atoms with Crippen molar-refractivity contribution in [1.29, 1.82) is 0 Å². The summed E-state index contributed by atoms with van der Waals surface area (Å²) in [6.45, 7) is 6.55. The van der Waals surface area contributed by atoms with E-state index in [0.717, 1.165) is 29.9 Å². The number of benzene rings is 3. The van der Waals surface area contributed by atoms with Gasteiger partial charge in [0, 0.05) is 31.9 Å². The summed E-state index contributed by atoms with van der Waals surface area (Å²) in [5.41, 5.74) is 4.90. The zero-order chi connectivity index (χ0) is 23.8. The van der Waals surface area contributed by atoms with Crippen LogP contribution in [0.1, 0.15) is 16.7 Å². The van der Waals surface area contributed by atoms with Gasteiger partial charge in [0.25, 0.3) is 11.8 Å². The number of hydrogen-bond donors (Lipinski definition) is 0. The van der Waals surface area contributed by atoms with Gasteiger partial charge in [0.1, 0.15) is 11.5 Å². The molecule has 2 heterocycles. The molecule has 2 aliphatic heterocycles. The summed E-state index contributed by atoms with van der Waals surface area (Å²) < 4.78 is 13.6. The van der Waals surface area contributed by atoms with Crippen LogP contribution in [0.2, 0.25) is 0 Å². The van der Waals surface area contributed by atoms with Crippen molar-refractivity contribution < 1.29 is 14.0 Å². The second kappa shape index (κ2) is 8.78. The Kier molecular flexibility index (Phi) is 5.65. The maximum Gasteiger partial charge on any atom is 0.282 e. The summed E-state index contributed by atoms with van der Waals surface area (Å²) in [6.07, 6.45) is 0. The normalized spacial score (nSPS) is 16.6. The molecule has 0 N–H and O–H groups in total. The molecule has 172 valence electrons. The number of imide groups is 1. The molecular weight excluding hydrogens is 429 g/mol. The number of amides is 2. The molecule has 0 unspecified atom stereocenters. The molecule has 0 aromatic heterocycles. The summed E-state index contributed by atoms with van der Waals surface area (Å²) in [4.78, 5) is 33.1. The summed E-state index contributed by atoms with van der Waals surface area (Å²) in [7, 11) is 0. The van der Waals surface area contributed by atoms with Crippen LogP contribution in [0.15, 0.2) is 78.5 Å². The van der Waals surface area contributed by atoms with Gasteiger partial charge in [0.05, 0.1) is 11.3 Å². The largest absolute Gasteiger partial charge is 0.368 e. The number of aryl methyl sites for hydroxylation is 1. The molecule has 1 fully saturated rings. The fraction of sp³-hybridized carbons (Fsp3) is 0.214.